The summed E-state index contributed by atoms with van der Waals surface area (Å²) >= 11 is 0. The van der Waals surface area contributed by atoms with Crippen LogP contribution < -0.4 is 0 Å². The van der Waals surface area contributed by atoms with Crippen molar-refractivity contribution in [2.45, 2.75) is 25.0 Å². The Morgan fingerprint density at radius 1 is 0.759 bits per heavy atom. The number of rotatable bonds is 8. The van der Waals surface area contributed by atoms with E-state index in [0.717, 1.165) is 24.0 Å². The lowest BCUT2D eigenvalue weighted by Gasteiger charge is -2.13. The summed E-state index contributed by atoms with van der Waals surface area (Å²) in [6.07, 6.45) is 7.41. The maximum atomic E-state index is 11.8. The Balaban J connectivity index is 1.32. The standard InChI is InChI=1S/C24H24O5/c25-23(15-11-19-7-3-1-4-8-19)27-17-21-13-14-22(29-21)18-28-24(26)16-12-20-9-5-2-6-10-20/h1-12,15-16,21-22H,13-14,17-18H2/b15-11+,16-12+. The molecule has 0 saturated carbocycles. The third-order valence-electron chi connectivity index (χ3n) is 4.44. The van der Waals surface area contributed by atoms with Crippen LogP contribution in [0.4, 0.5) is 0 Å². The molecule has 2 aromatic carbocycles. The molecule has 1 aliphatic rings. The molecular formula is C24H24O5. The van der Waals surface area contributed by atoms with E-state index in [1.807, 2.05) is 60.7 Å². The van der Waals surface area contributed by atoms with Crippen molar-refractivity contribution in [1.82, 2.24) is 0 Å². The highest BCUT2D eigenvalue weighted by Gasteiger charge is 2.27. The van der Waals surface area contributed by atoms with Crippen LogP contribution in [0.25, 0.3) is 12.2 Å². The van der Waals surface area contributed by atoms with Crippen LogP contribution in [-0.4, -0.2) is 37.4 Å². The van der Waals surface area contributed by atoms with E-state index >= 15 is 0 Å². The average molecular weight is 392 g/mol. The minimum atomic E-state index is -0.404. The number of carbonyl (C=O) groups is 2. The van der Waals surface area contributed by atoms with Crippen LogP contribution in [0.2, 0.25) is 0 Å². The largest absolute Gasteiger partial charge is 0.460 e. The van der Waals surface area contributed by atoms with Gasteiger partial charge < -0.3 is 14.2 Å². The highest BCUT2D eigenvalue weighted by atomic mass is 16.6. The molecule has 2 unspecified atom stereocenters. The van der Waals surface area contributed by atoms with Gasteiger partial charge in [-0.3, -0.25) is 0 Å². The van der Waals surface area contributed by atoms with Crippen molar-refractivity contribution in [3.8, 4) is 0 Å². The second-order valence-electron chi connectivity index (χ2n) is 6.71. The molecule has 0 radical (unpaired) electrons. The minimum Gasteiger partial charge on any atom is -0.460 e. The molecule has 0 aliphatic carbocycles. The molecule has 1 aliphatic heterocycles. The Hall–Kier alpha value is -3.18. The van der Waals surface area contributed by atoms with Crippen LogP contribution in [-0.2, 0) is 23.8 Å². The smallest absolute Gasteiger partial charge is 0.330 e. The molecule has 1 saturated heterocycles. The fourth-order valence-corrected chi connectivity index (χ4v) is 2.93. The van der Waals surface area contributed by atoms with Gasteiger partial charge >= 0.3 is 11.9 Å². The molecular weight excluding hydrogens is 368 g/mol. The topological polar surface area (TPSA) is 61.8 Å². The van der Waals surface area contributed by atoms with Crippen LogP contribution >= 0.6 is 0 Å². The maximum Gasteiger partial charge on any atom is 0.330 e. The third kappa shape index (κ3) is 7.39. The monoisotopic (exact) mass is 392 g/mol. The molecule has 0 amide bonds. The normalized spacial score (nSPS) is 18.9. The summed E-state index contributed by atoms with van der Waals surface area (Å²) in [5.41, 5.74) is 1.87. The molecule has 2 atom stereocenters. The minimum absolute atomic E-state index is 0.173. The van der Waals surface area contributed by atoms with E-state index in [0.29, 0.717) is 0 Å². The van der Waals surface area contributed by atoms with Crippen molar-refractivity contribution in [3.05, 3.63) is 83.9 Å². The molecule has 0 bridgehead atoms. The number of carbonyl (C=O) groups excluding carboxylic acids is 2. The summed E-state index contributed by atoms with van der Waals surface area (Å²) in [5, 5.41) is 0. The van der Waals surface area contributed by atoms with Crippen LogP contribution in [0.15, 0.2) is 72.8 Å². The molecule has 29 heavy (non-hydrogen) atoms. The maximum absolute atomic E-state index is 11.8. The number of benzene rings is 2. The van der Waals surface area contributed by atoms with Gasteiger partial charge in [0.25, 0.3) is 0 Å². The molecule has 1 heterocycles. The SMILES string of the molecule is O=C(/C=C/c1ccccc1)OCC1CCC(COC(=O)/C=C/c2ccccc2)O1. The van der Waals surface area contributed by atoms with Gasteiger partial charge in [0.2, 0.25) is 0 Å². The Morgan fingerprint density at radius 3 is 1.59 bits per heavy atom. The first-order valence-electron chi connectivity index (χ1n) is 9.64. The van der Waals surface area contributed by atoms with Gasteiger partial charge in [-0.25, -0.2) is 9.59 Å². The van der Waals surface area contributed by atoms with Gasteiger partial charge in [-0.1, -0.05) is 60.7 Å². The lowest BCUT2D eigenvalue weighted by molar-refractivity contribution is -0.144. The van der Waals surface area contributed by atoms with Crippen LogP contribution in [0, 0.1) is 0 Å². The Labute approximate surface area is 170 Å². The Kier molecular flexibility index (Phi) is 7.78. The molecule has 3 rings (SSSR count). The predicted octanol–water partition coefficient (Wildman–Crippen LogP) is 4.05. The quantitative estimate of drug-likeness (QED) is 0.501. The van der Waals surface area contributed by atoms with E-state index in [2.05, 4.69) is 0 Å². The number of ether oxygens (including phenoxy) is 3. The first-order chi connectivity index (χ1) is 14.2. The highest BCUT2D eigenvalue weighted by molar-refractivity contribution is 5.87. The van der Waals surface area contributed by atoms with Crippen molar-refractivity contribution in [2.24, 2.45) is 0 Å². The van der Waals surface area contributed by atoms with Gasteiger partial charge in [0.15, 0.2) is 0 Å². The first-order valence-corrected chi connectivity index (χ1v) is 9.64. The lowest BCUT2D eigenvalue weighted by Crippen LogP contribution is -2.22. The van der Waals surface area contributed by atoms with Gasteiger partial charge in [0, 0.05) is 12.2 Å². The number of esters is 2. The fraction of sp³-hybridized carbons (Fsp3) is 0.250. The second kappa shape index (κ2) is 11.0. The zero-order valence-electron chi connectivity index (χ0n) is 16.1. The van der Waals surface area contributed by atoms with E-state index in [1.54, 1.807) is 12.2 Å². The van der Waals surface area contributed by atoms with Gasteiger partial charge in [0.05, 0.1) is 12.2 Å². The van der Waals surface area contributed by atoms with Gasteiger partial charge in [-0.05, 0) is 36.1 Å². The molecule has 0 N–H and O–H groups in total. The van der Waals surface area contributed by atoms with Crippen LogP contribution in [0.3, 0.4) is 0 Å². The Bertz CT molecular complexity index is 771. The lowest BCUT2D eigenvalue weighted by atomic mass is 10.2. The summed E-state index contributed by atoms with van der Waals surface area (Å²) in [4.78, 5) is 23.6. The van der Waals surface area contributed by atoms with Gasteiger partial charge in [-0.15, -0.1) is 0 Å². The van der Waals surface area contributed by atoms with E-state index in [-0.39, 0.29) is 25.4 Å². The van der Waals surface area contributed by atoms with Gasteiger partial charge in [-0.2, -0.15) is 0 Å². The summed E-state index contributed by atoms with van der Waals surface area (Å²) in [6, 6.07) is 19.1. The molecule has 5 heteroatoms. The zero-order chi connectivity index (χ0) is 20.3. The van der Waals surface area contributed by atoms with Gasteiger partial charge in [0.1, 0.15) is 13.2 Å². The predicted molar refractivity (Wildman–Crippen MR) is 111 cm³/mol. The fourth-order valence-electron chi connectivity index (χ4n) is 2.93. The second-order valence-corrected chi connectivity index (χ2v) is 6.71. The highest BCUT2D eigenvalue weighted by Crippen LogP contribution is 2.20. The van der Waals surface area contributed by atoms with E-state index in [9.17, 15) is 9.59 Å². The van der Waals surface area contributed by atoms with Crippen molar-refractivity contribution in [2.75, 3.05) is 13.2 Å². The van der Waals surface area contributed by atoms with Crippen molar-refractivity contribution in [3.63, 3.8) is 0 Å². The summed E-state index contributed by atoms with van der Waals surface area (Å²) < 4.78 is 16.3. The molecule has 0 aromatic heterocycles. The molecule has 2 aromatic rings. The molecule has 150 valence electrons. The van der Waals surface area contributed by atoms with Crippen molar-refractivity contribution in [1.29, 1.82) is 0 Å². The zero-order valence-corrected chi connectivity index (χ0v) is 16.1. The summed E-state index contributed by atoms with van der Waals surface area (Å²) in [5.74, 6) is -0.809. The molecule has 5 nitrogen and oxygen atoms in total. The molecule has 0 spiro atoms. The molecule has 1 fully saturated rings. The summed E-state index contributed by atoms with van der Waals surface area (Å²) in [6.45, 7) is 0.382. The van der Waals surface area contributed by atoms with Crippen LogP contribution in [0.1, 0.15) is 24.0 Å². The van der Waals surface area contributed by atoms with E-state index < -0.39 is 11.9 Å². The van der Waals surface area contributed by atoms with E-state index in [4.69, 9.17) is 14.2 Å². The van der Waals surface area contributed by atoms with E-state index in [1.165, 1.54) is 12.2 Å². The summed E-state index contributed by atoms with van der Waals surface area (Å²) in [7, 11) is 0. The number of hydrogen-bond acceptors (Lipinski definition) is 5. The third-order valence-corrected chi connectivity index (χ3v) is 4.44. The van der Waals surface area contributed by atoms with Crippen molar-refractivity contribution >= 4 is 24.1 Å². The Morgan fingerprint density at radius 2 is 1.17 bits per heavy atom. The van der Waals surface area contributed by atoms with Crippen molar-refractivity contribution < 1.29 is 23.8 Å². The van der Waals surface area contributed by atoms with Crippen LogP contribution in [0.5, 0.6) is 0 Å². The average Bonchev–Trinajstić information content (AvgIpc) is 3.23. The number of hydrogen-bond donors (Lipinski definition) is 0. The first kappa shape index (κ1) is 20.6.